The molecule has 12 heavy (non-hydrogen) atoms. The van der Waals surface area contributed by atoms with Gasteiger partial charge in [-0.2, -0.15) is 0 Å². The Morgan fingerprint density at radius 3 is 2.08 bits per heavy atom. The average molecular weight is 200 g/mol. The van der Waals surface area contributed by atoms with Crippen LogP contribution in [0, 0.1) is 0 Å². The Labute approximate surface area is 75.3 Å². The van der Waals surface area contributed by atoms with Gasteiger partial charge in [-0.25, -0.2) is 0 Å². The molecule has 0 radical (unpaired) electrons. The summed E-state index contributed by atoms with van der Waals surface area (Å²) in [6.07, 6.45) is 4.42. The molecule has 0 rings (SSSR count). The molecule has 5 nitrogen and oxygen atoms in total. The molecule has 0 aliphatic rings. The summed E-state index contributed by atoms with van der Waals surface area (Å²) in [7, 11) is -2.12. The first-order valence-electron chi connectivity index (χ1n) is 3.58. The molecule has 0 fully saturated rings. The van der Waals surface area contributed by atoms with E-state index in [-0.39, 0.29) is 12.3 Å². The molecule has 0 atom stereocenters. The summed E-state index contributed by atoms with van der Waals surface area (Å²) >= 11 is 0. The fraction of sp³-hybridized carbons (Fsp3) is 1.00. The molecule has 0 saturated carbocycles. The molecule has 0 aliphatic heterocycles. The maximum Gasteiger partial charge on any atom is 0.327 e. The van der Waals surface area contributed by atoms with E-state index in [9.17, 15) is 0 Å². The largest absolute Gasteiger partial charge is 0.344 e. The van der Waals surface area contributed by atoms with Gasteiger partial charge in [-0.3, -0.25) is 0 Å². The number of hydrogen-bond acceptors (Lipinski definition) is 5. The van der Waals surface area contributed by atoms with Crippen molar-refractivity contribution in [2.45, 2.75) is 32.6 Å². The van der Waals surface area contributed by atoms with Crippen LogP contribution in [-0.4, -0.2) is 16.4 Å². The molecule has 0 saturated heterocycles. The van der Waals surface area contributed by atoms with Crippen molar-refractivity contribution in [1.29, 1.82) is 0 Å². The third kappa shape index (κ3) is 16.7. The van der Waals surface area contributed by atoms with E-state index in [2.05, 4.69) is 11.4 Å². The van der Waals surface area contributed by atoms with Gasteiger partial charge in [0.1, 0.15) is 0 Å². The molecule has 0 bridgehead atoms. The van der Waals surface area contributed by atoms with Gasteiger partial charge in [-0.05, 0) is 6.42 Å². The molecule has 0 amide bonds. The van der Waals surface area contributed by atoms with Crippen LogP contribution >= 0.6 is 8.60 Å². The number of rotatable bonds is 6. The predicted molar refractivity (Wildman–Crippen MR) is 51.5 cm³/mol. The van der Waals surface area contributed by atoms with Gasteiger partial charge in [0, 0.05) is 0 Å². The van der Waals surface area contributed by atoms with Crippen molar-refractivity contribution in [2.75, 3.05) is 6.61 Å². The van der Waals surface area contributed by atoms with Crippen molar-refractivity contribution in [3.8, 4) is 0 Å². The van der Waals surface area contributed by atoms with Crippen LogP contribution in [0.2, 0.25) is 0 Å². The van der Waals surface area contributed by atoms with Crippen molar-refractivity contribution in [3.05, 3.63) is 0 Å². The Hall–Kier alpha value is 0.230. The molecule has 0 heterocycles. The van der Waals surface area contributed by atoms with Crippen molar-refractivity contribution < 1.29 is 14.3 Å². The minimum absolute atomic E-state index is 0. The smallest absolute Gasteiger partial charge is 0.327 e. The molecule has 0 aromatic rings. The average Bonchev–Trinajstić information content (AvgIpc) is 1.87. The maximum absolute atomic E-state index is 8.31. The van der Waals surface area contributed by atoms with Crippen LogP contribution in [0.3, 0.4) is 0 Å². The van der Waals surface area contributed by atoms with Crippen LogP contribution < -0.4 is 12.3 Å². The third-order valence-corrected chi connectivity index (χ3v) is 1.62. The first-order valence-corrected chi connectivity index (χ1v) is 4.74. The second-order valence-electron chi connectivity index (χ2n) is 2.15. The van der Waals surface area contributed by atoms with E-state index in [1.54, 1.807) is 0 Å². The molecule has 0 aromatic carbocycles. The van der Waals surface area contributed by atoms with Gasteiger partial charge in [0.2, 0.25) is 0 Å². The van der Waals surface area contributed by atoms with E-state index < -0.39 is 8.60 Å². The van der Waals surface area contributed by atoms with E-state index in [0.717, 1.165) is 12.8 Å². The lowest BCUT2D eigenvalue weighted by atomic mass is 10.2. The highest BCUT2D eigenvalue weighted by atomic mass is 31.2. The molecular formula is C6H21N2O3P. The van der Waals surface area contributed by atoms with Gasteiger partial charge in [-0.15, -0.1) is 0 Å². The van der Waals surface area contributed by atoms with Crippen molar-refractivity contribution in [1.82, 2.24) is 12.3 Å². The summed E-state index contributed by atoms with van der Waals surface area (Å²) in [6, 6.07) is 0. The number of unbranched alkanes of at least 4 members (excludes halogenated alkanes) is 3. The van der Waals surface area contributed by atoms with Gasteiger partial charge < -0.3 is 26.6 Å². The summed E-state index contributed by atoms with van der Waals surface area (Å²) in [4.78, 5) is 16.6. The minimum Gasteiger partial charge on any atom is -0.344 e. The van der Waals surface area contributed by atoms with Crippen molar-refractivity contribution in [2.24, 2.45) is 0 Å². The van der Waals surface area contributed by atoms with Gasteiger partial charge >= 0.3 is 8.60 Å². The lowest BCUT2D eigenvalue weighted by Gasteiger charge is -2.01. The van der Waals surface area contributed by atoms with E-state index in [1.807, 2.05) is 0 Å². The molecular weight excluding hydrogens is 179 g/mol. The zero-order chi connectivity index (χ0) is 7.82. The second kappa shape index (κ2) is 13.8. The van der Waals surface area contributed by atoms with Crippen LogP contribution in [0.25, 0.3) is 0 Å². The fourth-order valence-corrected chi connectivity index (χ4v) is 0.967. The van der Waals surface area contributed by atoms with Gasteiger partial charge in [0.25, 0.3) is 0 Å². The standard InChI is InChI=1S/C6H15O3P.2H3N/c1-2-3-4-5-6-9-10(7)8;;/h7-8H,2-6H2,1H3;2*1H3. The Balaban J connectivity index is -0.000000405. The molecule has 0 aliphatic carbocycles. The van der Waals surface area contributed by atoms with E-state index in [1.165, 1.54) is 12.8 Å². The first-order chi connectivity index (χ1) is 4.77. The van der Waals surface area contributed by atoms with Crippen LogP contribution in [0.15, 0.2) is 0 Å². The summed E-state index contributed by atoms with van der Waals surface area (Å²) in [5.74, 6) is 0. The topological polar surface area (TPSA) is 120 Å². The Morgan fingerprint density at radius 1 is 1.08 bits per heavy atom. The molecule has 8 N–H and O–H groups in total. The SMILES string of the molecule is CCCCCCOP(O)O.N.N. The highest BCUT2D eigenvalue weighted by Crippen LogP contribution is 2.24. The first kappa shape index (κ1) is 18.1. The van der Waals surface area contributed by atoms with Crippen LogP contribution in [-0.2, 0) is 4.52 Å². The van der Waals surface area contributed by atoms with Crippen molar-refractivity contribution >= 4 is 8.60 Å². The lowest BCUT2D eigenvalue weighted by Crippen LogP contribution is -1.88. The Kier molecular flexibility index (Phi) is 20.8. The molecule has 0 unspecified atom stereocenters. The lowest BCUT2D eigenvalue weighted by molar-refractivity contribution is 0.249. The van der Waals surface area contributed by atoms with Crippen LogP contribution in [0.1, 0.15) is 32.6 Å². The van der Waals surface area contributed by atoms with Gasteiger partial charge in [-0.1, -0.05) is 26.2 Å². The van der Waals surface area contributed by atoms with Gasteiger partial charge in [0.05, 0.1) is 6.61 Å². The fourth-order valence-electron chi connectivity index (χ4n) is 0.675. The summed E-state index contributed by atoms with van der Waals surface area (Å²) in [6.45, 7) is 2.60. The zero-order valence-corrected chi connectivity index (χ0v) is 8.59. The van der Waals surface area contributed by atoms with Crippen LogP contribution in [0.5, 0.6) is 0 Å². The van der Waals surface area contributed by atoms with Crippen molar-refractivity contribution in [3.63, 3.8) is 0 Å². The van der Waals surface area contributed by atoms with Gasteiger partial charge in [0.15, 0.2) is 0 Å². The predicted octanol–water partition coefficient (Wildman–Crippen LogP) is 2.12. The summed E-state index contributed by atoms with van der Waals surface area (Å²) < 4.78 is 4.56. The van der Waals surface area contributed by atoms with Crippen LogP contribution in [0.4, 0.5) is 0 Å². The molecule has 0 aromatic heterocycles. The second-order valence-corrected chi connectivity index (χ2v) is 2.91. The molecule has 0 spiro atoms. The summed E-state index contributed by atoms with van der Waals surface area (Å²) in [5.41, 5.74) is 0. The third-order valence-electron chi connectivity index (χ3n) is 1.20. The quantitative estimate of drug-likeness (QED) is 0.386. The number of hydrogen-bond donors (Lipinski definition) is 4. The summed E-state index contributed by atoms with van der Waals surface area (Å²) in [5, 5.41) is 0. The normalized spacial score (nSPS) is 9.00. The Bertz CT molecular complexity index is 75.8. The van der Waals surface area contributed by atoms with E-state index in [0.29, 0.717) is 6.61 Å². The highest BCUT2D eigenvalue weighted by molar-refractivity contribution is 7.39. The Morgan fingerprint density at radius 2 is 1.67 bits per heavy atom. The molecule has 78 valence electrons. The van der Waals surface area contributed by atoms with E-state index in [4.69, 9.17) is 9.79 Å². The monoisotopic (exact) mass is 200 g/mol. The minimum atomic E-state index is -2.12. The zero-order valence-electron chi connectivity index (χ0n) is 7.70. The van der Waals surface area contributed by atoms with E-state index >= 15 is 0 Å². The molecule has 6 heteroatoms. The highest BCUT2D eigenvalue weighted by Gasteiger charge is 1.96. The maximum atomic E-state index is 8.31.